The molecule has 1 aliphatic carbocycles. The molecule has 4 fully saturated rings. The van der Waals surface area contributed by atoms with E-state index in [0.717, 1.165) is 81.2 Å². The van der Waals surface area contributed by atoms with Crippen molar-refractivity contribution in [2.75, 3.05) is 107 Å². The third-order valence-corrected chi connectivity index (χ3v) is 15.5. The van der Waals surface area contributed by atoms with E-state index in [1.165, 1.54) is 19.2 Å². The fourth-order valence-corrected chi connectivity index (χ4v) is 11.0. The smallest absolute Gasteiger partial charge is 0.264 e. The fourth-order valence-electron chi connectivity index (χ4n) is 11.0. The van der Waals surface area contributed by atoms with Gasteiger partial charge < -0.3 is 45.1 Å². The number of likely N-dealkylation sites (tertiary alicyclic amines) is 1. The molecule has 3 amide bonds. The van der Waals surface area contributed by atoms with Crippen LogP contribution >= 0.6 is 0 Å². The van der Waals surface area contributed by atoms with Gasteiger partial charge in [-0.1, -0.05) is 19.9 Å². The van der Waals surface area contributed by atoms with Crippen molar-refractivity contribution in [3.63, 3.8) is 0 Å². The first-order valence-electron chi connectivity index (χ1n) is 24.1. The van der Waals surface area contributed by atoms with Gasteiger partial charge in [-0.05, 0) is 95.7 Å². The van der Waals surface area contributed by atoms with Crippen molar-refractivity contribution in [1.82, 2.24) is 35.3 Å². The summed E-state index contributed by atoms with van der Waals surface area (Å²) in [4.78, 5) is 83.6. The highest BCUT2D eigenvalue weighted by atomic mass is 19.1. The van der Waals surface area contributed by atoms with Crippen molar-refractivity contribution in [1.29, 1.82) is 0 Å². The van der Waals surface area contributed by atoms with Crippen LogP contribution in [0.2, 0.25) is 0 Å². The summed E-state index contributed by atoms with van der Waals surface area (Å²) in [6.07, 6.45) is 8.69. The van der Waals surface area contributed by atoms with Crippen molar-refractivity contribution >= 4 is 53.3 Å². The fraction of sp³-hybridized carbons (Fsp3) is 0.580. The lowest BCUT2D eigenvalue weighted by molar-refractivity contribution is -0.124. The summed E-state index contributed by atoms with van der Waals surface area (Å²) >= 11 is 0. The lowest BCUT2D eigenvalue weighted by atomic mass is 9.60. The molecule has 3 aromatic rings. The first-order valence-corrected chi connectivity index (χ1v) is 24.1. The average Bonchev–Trinajstić information content (AvgIpc) is 3.56. The number of imide groups is 1. The molecule has 1 unspecified atom stereocenters. The van der Waals surface area contributed by atoms with Crippen LogP contribution in [0.4, 0.5) is 31.8 Å². The minimum absolute atomic E-state index is 0.0432. The molecule has 0 radical (unpaired) electrons. The Labute approximate surface area is 398 Å². The summed E-state index contributed by atoms with van der Waals surface area (Å²) in [6, 6.07) is 9.04. The maximum Gasteiger partial charge on any atom is 0.264 e. The largest absolute Gasteiger partial charge is 0.383 e. The van der Waals surface area contributed by atoms with Crippen molar-refractivity contribution in [2.24, 2.45) is 10.8 Å². The predicted octanol–water partition coefficient (Wildman–Crippen LogP) is 4.34. The van der Waals surface area contributed by atoms with Gasteiger partial charge in [0.15, 0.2) is 0 Å². The maximum atomic E-state index is 15.8. The molecule has 5 aliphatic rings. The SMILES string of the molecule is CNC(=O)C(CCC=O)N1C(=O)c2cccc(NCCN(C)C3CC4(C3)CN(c3cc(N5CCC(CN(CC=O)c6cc(F)c(CN7CCC(C)(C)CC7)cc6F)(NC)CC5)ncn3)C4)c2C1=O. The first kappa shape index (κ1) is 48.9. The Morgan fingerprint density at radius 3 is 2.28 bits per heavy atom. The number of carbonyl (C=O) groups is 5. The molecule has 1 atom stereocenters. The second-order valence-electron chi connectivity index (χ2n) is 20.5. The van der Waals surface area contributed by atoms with Crippen LogP contribution in [0.15, 0.2) is 42.7 Å². The zero-order chi connectivity index (χ0) is 48.4. The lowest BCUT2D eigenvalue weighted by Crippen LogP contribution is -2.66. The number of halogens is 2. The van der Waals surface area contributed by atoms with Crippen LogP contribution in [0.25, 0.3) is 0 Å². The van der Waals surface area contributed by atoms with Gasteiger partial charge in [-0.3, -0.25) is 24.2 Å². The molecule has 1 spiro atoms. The quantitative estimate of drug-likeness (QED) is 0.108. The van der Waals surface area contributed by atoms with Crippen LogP contribution < -0.4 is 30.7 Å². The predicted molar refractivity (Wildman–Crippen MR) is 257 cm³/mol. The monoisotopic (exact) mass is 940 g/mol. The molecule has 2 aromatic carbocycles. The molecule has 1 aromatic heterocycles. The van der Waals surface area contributed by atoms with Gasteiger partial charge in [0, 0.05) is 106 Å². The van der Waals surface area contributed by atoms with Gasteiger partial charge in [-0.2, -0.15) is 0 Å². The first-order chi connectivity index (χ1) is 32.6. The Morgan fingerprint density at radius 2 is 1.62 bits per heavy atom. The van der Waals surface area contributed by atoms with E-state index in [0.29, 0.717) is 69.1 Å². The van der Waals surface area contributed by atoms with Gasteiger partial charge in [0.1, 0.15) is 48.2 Å². The van der Waals surface area contributed by atoms with Crippen LogP contribution in [-0.2, 0) is 20.9 Å². The molecule has 4 aliphatic heterocycles. The topological polar surface area (TPSA) is 167 Å². The minimum Gasteiger partial charge on any atom is -0.383 e. The number of anilines is 4. The van der Waals surface area contributed by atoms with Crippen molar-refractivity contribution < 1.29 is 32.8 Å². The normalized spacial score (nSPS) is 20.2. The summed E-state index contributed by atoms with van der Waals surface area (Å²) in [5.41, 5.74) is 1.51. The number of benzene rings is 2. The summed E-state index contributed by atoms with van der Waals surface area (Å²) in [5.74, 6) is -0.823. The molecule has 8 rings (SSSR count). The number of nitrogens with zero attached hydrogens (tertiary/aromatic N) is 8. The lowest BCUT2D eigenvalue weighted by Gasteiger charge is -2.61. The summed E-state index contributed by atoms with van der Waals surface area (Å²) in [6.45, 7) is 11.3. The van der Waals surface area contributed by atoms with Crippen LogP contribution in [0, 0.1) is 22.5 Å². The third kappa shape index (κ3) is 10.1. The number of nitrogens with one attached hydrogen (secondary N) is 3. The number of aldehydes is 2. The Morgan fingerprint density at radius 1 is 0.912 bits per heavy atom. The van der Waals surface area contributed by atoms with E-state index in [2.05, 4.69) is 72.5 Å². The Bertz CT molecular complexity index is 2350. The van der Waals surface area contributed by atoms with Gasteiger partial charge in [-0.15, -0.1) is 0 Å². The number of carbonyl (C=O) groups excluding carboxylic acids is 5. The summed E-state index contributed by atoms with van der Waals surface area (Å²) in [7, 11) is 5.43. The van der Waals surface area contributed by atoms with Crippen LogP contribution in [-0.4, -0.2) is 159 Å². The second kappa shape index (κ2) is 20.2. The van der Waals surface area contributed by atoms with Gasteiger partial charge in [0.05, 0.1) is 23.4 Å². The van der Waals surface area contributed by atoms with Gasteiger partial charge >= 0.3 is 0 Å². The van der Waals surface area contributed by atoms with E-state index >= 15 is 8.78 Å². The average molecular weight is 940 g/mol. The zero-order valence-electron chi connectivity index (χ0n) is 40.2. The van der Waals surface area contributed by atoms with E-state index in [1.807, 2.05) is 7.05 Å². The Hall–Kier alpha value is -5.59. The molecular formula is C50H67F2N11O5. The summed E-state index contributed by atoms with van der Waals surface area (Å²) in [5, 5.41) is 9.35. The molecule has 68 heavy (non-hydrogen) atoms. The number of fused-ring (bicyclic) bond motifs is 1. The van der Waals surface area contributed by atoms with Crippen LogP contribution in [0.3, 0.4) is 0 Å². The molecule has 1 saturated carbocycles. The van der Waals surface area contributed by atoms with Gasteiger partial charge in [-0.25, -0.2) is 18.7 Å². The molecule has 3 N–H and O–H groups in total. The number of amides is 3. The number of likely N-dealkylation sites (N-methyl/N-ethyl adjacent to an activating group) is 3. The molecule has 366 valence electrons. The van der Waals surface area contributed by atoms with Gasteiger partial charge in [0.25, 0.3) is 11.8 Å². The van der Waals surface area contributed by atoms with E-state index in [9.17, 15) is 24.0 Å². The standard InChI is InChI=1S/C50H67F2N11O5/c1-48(2)11-16-59(17-12-48)29-34-24-38(52)41(25-37(34)51)61(21-23-65)32-50(54-4)13-18-60(19-14-50)42-26-43(57-33-56-42)62-30-49(31-62)27-35(28-49)58(5)20-15-55-39-9-6-8-36-44(39)47(68)63(46(36)67)40(10-7-22-64)45(66)53-3/h6,8-9,22-26,33,35,40,54-55H,7,10-21,27-32H2,1-5H3,(H,53,66). The number of aromatic nitrogens is 2. The highest BCUT2D eigenvalue weighted by molar-refractivity contribution is 6.25. The number of piperidine rings is 2. The van der Waals surface area contributed by atoms with E-state index < -0.39 is 40.9 Å². The molecule has 5 heterocycles. The van der Waals surface area contributed by atoms with Crippen LogP contribution in [0.5, 0.6) is 0 Å². The number of hydrogen-bond donors (Lipinski definition) is 3. The number of rotatable bonds is 20. The number of hydrogen-bond acceptors (Lipinski definition) is 14. The maximum absolute atomic E-state index is 15.8. The van der Waals surface area contributed by atoms with Crippen molar-refractivity contribution in [2.45, 2.75) is 89.4 Å². The molecular weight excluding hydrogens is 873 g/mol. The molecule has 18 heteroatoms. The van der Waals surface area contributed by atoms with Crippen molar-refractivity contribution in [3.05, 3.63) is 71.1 Å². The Balaban J connectivity index is 0.806. The third-order valence-electron chi connectivity index (χ3n) is 15.5. The highest BCUT2D eigenvalue weighted by Gasteiger charge is 2.54. The molecule has 16 nitrogen and oxygen atoms in total. The Kier molecular flexibility index (Phi) is 14.5. The van der Waals surface area contributed by atoms with Gasteiger partial charge in [0.2, 0.25) is 5.91 Å². The van der Waals surface area contributed by atoms with E-state index in [-0.39, 0.29) is 47.0 Å². The minimum atomic E-state index is -1.07. The molecule has 0 bridgehead atoms. The zero-order valence-corrected chi connectivity index (χ0v) is 40.2. The molecule has 3 saturated heterocycles. The summed E-state index contributed by atoms with van der Waals surface area (Å²) < 4.78 is 31.4. The van der Waals surface area contributed by atoms with E-state index in [4.69, 9.17) is 0 Å². The van der Waals surface area contributed by atoms with E-state index in [1.54, 1.807) is 29.4 Å². The second-order valence-corrected chi connectivity index (χ2v) is 20.5. The van der Waals surface area contributed by atoms with Crippen LogP contribution in [0.1, 0.15) is 91.5 Å². The van der Waals surface area contributed by atoms with Crippen molar-refractivity contribution in [3.8, 4) is 0 Å². The highest BCUT2D eigenvalue weighted by Crippen LogP contribution is 2.51.